The molecule has 0 saturated carbocycles. The van der Waals surface area contributed by atoms with Gasteiger partial charge in [0.25, 0.3) is 0 Å². The number of benzene rings is 2. The lowest BCUT2D eigenvalue weighted by molar-refractivity contribution is 0.0528. The van der Waals surface area contributed by atoms with Gasteiger partial charge in [-0.2, -0.15) is 4.31 Å². The zero-order valence-corrected chi connectivity index (χ0v) is 20.2. The van der Waals surface area contributed by atoms with Crippen LogP contribution in [0.25, 0.3) is 11.1 Å². The molecule has 0 atom stereocenters. The number of sulfonamides is 1. The minimum atomic E-state index is -3.91. The Balaban J connectivity index is 1.62. The van der Waals surface area contributed by atoms with E-state index in [1.807, 2.05) is 54.6 Å². The van der Waals surface area contributed by atoms with Gasteiger partial charge in [-0.25, -0.2) is 13.2 Å². The van der Waals surface area contributed by atoms with Gasteiger partial charge in [0, 0.05) is 42.8 Å². The molecule has 3 aromatic rings. The van der Waals surface area contributed by atoms with Gasteiger partial charge in [-0.15, -0.1) is 11.3 Å². The van der Waals surface area contributed by atoms with E-state index < -0.39 is 16.0 Å². The van der Waals surface area contributed by atoms with Crippen LogP contribution < -0.4 is 9.64 Å². The van der Waals surface area contributed by atoms with E-state index in [9.17, 15) is 13.2 Å². The summed E-state index contributed by atoms with van der Waals surface area (Å²) in [6.07, 6.45) is 0. The summed E-state index contributed by atoms with van der Waals surface area (Å²) in [6.45, 7) is 3.62. The fourth-order valence-electron chi connectivity index (χ4n) is 3.87. The molecule has 2 aromatic carbocycles. The summed E-state index contributed by atoms with van der Waals surface area (Å²) in [4.78, 5) is 14.9. The fourth-order valence-corrected chi connectivity index (χ4v) is 6.94. The van der Waals surface area contributed by atoms with Gasteiger partial charge in [-0.1, -0.05) is 30.3 Å². The maximum Gasteiger partial charge on any atom is 0.349 e. The Morgan fingerprint density at radius 3 is 2.27 bits per heavy atom. The molecule has 1 aromatic heterocycles. The molecule has 1 fully saturated rings. The zero-order valence-electron chi connectivity index (χ0n) is 18.6. The third-order valence-corrected chi connectivity index (χ3v) is 8.64. The molecule has 0 aliphatic carbocycles. The highest BCUT2D eigenvalue weighted by molar-refractivity contribution is 7.89. The molecule has 0 N–H and O–H groups in total. The minimum absolute atomic E-state index is 0.0371. The number of nitrogens with zero attached hydrogens (tertiary/aromatic N) is 2. The summed E-state index contributed by atoms with van der Waals surface area (Å²) in [5.41, 5.74) is 2.29. The Kier molecular flexibility index (Phi) is 7.02. The standard InChI is InChI=1S/C24H26N2O5S2/c1-3-31-24(27)22-23(21(17-32-22)18-7-5-4-6-8-18)33(28,29)26-15-13-25(14-16-26)19-9-11-20(30-2)12-10-19/h4-12,17H,3,13-16H2,1-2H3. The first-order valence-electron chi connectivity index (χ1n) is 10.7. The maximum atomic E-state index is 13.8. The number of rotatable bonds is 7. The molecule has 0 amide bonds. The van der Waals surface area contributed by atoms with Crippen molar-refractivity contribution in [2.75, 3.05) is 44.8 Å². The Morgan fingerprint density at radius 1 is 1.00 bits per heavy atom. The predicted octanol–water partition coefficient (Wildman–Crippen LogP) is 4.11. The van der Waals surface area contributed by atoms with Crippen LogP contribution >= 0.6 is 11.3 Å². The summed E-state index contributed by atoms with van der Waals surface area (Å²) in [7, 11) is -2.29. The number of ether oxygens (including phenoxy) is 2. The lowest BCUT2D eigenvalue weighted by atomic mass is 10.1. The van der Waals surface area contributed by atoms with E-state index in [1.54, 1.807) is 19.4 Å². The van der Waals surface area contributed by atoms with Crippen LogP contribution in [0.5, 0.6) is 5.75 Å². The second-order valence-corrected chi connectivity index (χ2v) is 10.2. The van der Waals surface area contributed by atoms with Gasteiger partial charge < -0.3 is 14.4 Å². The summed E-state index contributed by atoms with van der Waals surface area (Å²) in [5, 5.41) is 1.72. The molecular weight excluding hydrogens is 460 g/mol. The first kappa shape index (κ1) is 23.3. The van der Waals surface area contributed by atoms with E-state index in [4.69, 9.17) is 9.47 Å². The van der Waals surface area contributed by atoms with Crippen molar-refractivity contribution < 1.29 is 22.7 Å². The van der Waals surface area contributed by atoms with Gasteiger partial charge in [0.15, 0.2) is 0 Å². The number of hydrogen-bond acceptors (Lipinski definition) is 7. The number of hydrogen-bond donors (Lipinski definition) is 0. The number of piperazine rings is 1. The Hall–Kier alpha value is -2.88. The van der Waals surface area contributed by atoms with Crippen molar-refractivity contribution >= 4 is 33.0 Å². The first-order chi connectivity index (χ1) is 16.0. The molecular formula is C24H26N2O5S2. The van der Waals surface area contributed by atoms with Crippen LogP contribution in [-0.2, 0) is 14.8 Å². The molecule has 1 saturated heterocycles. The molecule has 2 heterocycles. The van der Waals surface area contributed by atoms with E-state index in [0.717, 1.165) is 28.3 Å². The average molecular weight is 487 g/mol. The van der Waals surface area contributed by atoms with E-state index in [-0.39, 0.29) is 16.4 Å². The molecule has 33 heavy (non-hydrogen) atoms. The summed E-state index contributed by atoms with van der Waals surface area (Å²) >= 11 is 1.11. The first-order valence-corrected chi connectivity index (χ1v) is 13.0. The fraction of sp³-hybridized carbons (Fsp3) is 0.292. The van der Waals surface area contributed by atoms with Crippen LogP contribution in [-0.4, -0.2) is 58.6 Å². The van der Waals surface area contributed by atoms with E-state index in [1.165, 1.54) is 4.31 Å². The van der Waals surface area contributed by atoms with Crippen LogP contribution in [0.15, 0.2) is 64.9 Å². The quantitative estimate of drug-likeness (QED) is 0.468. The number of thiophene rings is 1. The summed E-state index contributed by atoms with van der Waals surface area (Å²) in [6, 6.07) is 17.0. The van der Waals surface area contributed by atoms with Gasteiger partial charge in [0.05, 0.1) is 13.7 Å². The highest BCUT2D eigenvalue weighted by Crippen LogP contribution is 2.38. The van der Waals surface area contributed by atoms with Crippen LogP contribution in [0.1, 0.15) is 16.6 Å². The number of methoxy groups -OCH3 is 1. The molecule has 7 nitrogen and oxygen atoms in total. The average Bonchev–Trinajstić information content (AvgIpc) is 3.31. The topological polar surface area (TPSA) is 76.2 Å². The van der Waals surface area contributed by atoms with Gasteiger partial charge in [0.1, 0.15) is 15.5 Å². The molecule has 1 aliphatic heterocycles. The lowest BCUT2D eigenvalue weighted by Crippen LogP contribution is -2.48. The van der Waals surface area contributed by atoms with Crippen LogP contribution in [0, 0.1) is 0 Å². The Labute approximate surface area is 198 Å². The third kappa shape index (κ3) is 4.75. The van der Waals surface area contributed by atoms with Gasteiger partial charge in [0.2, 0.25) is 10.0 Å². The van der Waals surface area contributed by atoms with Crippen molar-refractivity contribution in [3.05, 3.63) is 64.9 Å². The Bertz CT molecular complexity index is 1200. The molecule has 0 spiro atoms. The minimum Gasteiger partial charge on any atom is -0.497 e. The number of anilines is 1. The molecule has 4 rings (SSSR count). The number of carbonyl (C=O) groups is 1. The van der Waals surface area contributed by atoms with Crippen molar-refractivity contribution in [3.63, 3.8) is 0 Å². The van der Waals surface area contributed by atoms with E-state index in [2.05, 4.69) is 4.90 Å². The van der Waals surface area contributed by atoms with Gasteiger partial charge >= 0.3 is 5.97 Å². The SMILES string of the molecule is CCOC(=O)c1scc(-c2ccccc2)c1S(=O)(=O)N1CCN(c2ccc(OC)cc2)CC1. The summed E-state index contributed by atoms with van der Waals surface area (Å²) < 4.78 is 39.4. The molecule has 9 heteroatoms. The molecule has 1 aliphatic rings. The predicted molar refractivity (Wildman–Crippen MR) is 130 cm³/mol. The van der Waals surface area contributed by atoms with Crippen molar-refractivity contribution in [1.82, 2.24) is 4.31 Å². The summed E-state index contributed by atoms with van der Waals surface area (Å²) in [5.74, 6) is 0.164. The second-order valence-electron chi connectivity index (χ2n) is 7.48. The zero-order chi connectivity index (χ0) is 23.4. The normalized spacial score (nSPS) is 14.8. The van der Waals surface area contributed by atoms with Gasteiger partial charge in [-0.3, -0.25) is 0 Å². The van der Waals surface area contributed by atoms with Crippen molar-refractivity contribution in [2.45, 2.75) is 11.8 Å². The largest absolute Gasteiger partial charge is 0.497 e. The van der Waals surface area contributed by atoms with Gasteiger partial charge in [-0.05, 0) is 36.8 Å². The van der Waals surface area contributed by atoms with Crippen LogP contribution in [0.2, 0.25) is 0 Å². The maximum absolute atomic E-state index is 13.8. The molecule has 174 valence electrons. The monoisotopic (exact) mass is 486 g/mol. The van der Waals surface area contributed by atoms with Crippen molar-refractivity contribution in [3.8, 4) is 16.9 Å². The highest BCUT2D eigenvalue weighted by atomic mass is 32.2. The molecule has 0 bridgehead atoms. The van der Waals surface area contributed by atoms with Crippen LogP contribution in [0.3, 0.4) is 0 Å². The highest BCUT2D eigenvalue weighted by Gasteiger charge is 2.36. The van der Waals surface area contributed by atoms with Crippen molar-refractivity contribution in [2.24, 2.45) is 0 Å². The Morgan fingerprint density at radius 2 is 1.67 bits per heavy atom. The number of esters is 1. The van der Waals surface area contributed by atoms with E-state index in [0.29, 0.717) is 31.7 Å². The van der Waals surface area contributed by atoms with Crippen molar-refractivity contribution in [1.29, 1.82) is 0 Å². The smallest absolute Gasteiger partial charge is 0.349 e. The molecule has 0 unspecified atom stereocenters. The molecule has 0 radical (unpaired) electrons. The third-order valence-electron chi connectivity index (χ3n) is 5.57. The number of carbonyl (C=O) groups excluding carboxylic acids is 1. The van der Waals surface area contributed by atoms with Crippen LogP contribution in [0.4, 0.5) is 5.69 Å². The lowest BCUT2D eigenvalue weighted by Gasteiger charge is -2.35. The van der Waals surface area contributed by atoms with E-state index >= 15 is 0 Å². The second kappa shape index (κ2) is 9.94.